The monoisotopic (exact) mass is 578 g/mol. The van der Waals surface area contributed by atoms with Crippen LogP contribution in [0.5, 0.6) is 0 Å². The van der Waals surface area contributed by atoms with E-state index in [0.717, 1.165) is 16.0 Å². The van der Waals surface area contributed by atoms with E-state index >= 15 is 0 Å². The highest BCUT2D eigenvalue weighted by molar-refractivity contribution is 8.00. The minimum Gasteiger partial charge on any atom is -0.461 e. The first-order chi connectivity index (χ1) is 19.3. The highest BCUT2D eigenvalue weighted by atomic mass is 32.2. The third-order valence-electron chi connectivity index (χ3n) is 6.52. The summed E-state index contributed by atoms with van der Waals surface area (Å²) in [5, 5.41) is 12.3. The molecule has 40 heavy (non-hydrogen) atoms. The van der Waals surface area contributed by atoms with Crippen LogP contribution in [0, 0.1) is 0 Å². The number of fused-ring (bicyclic) bond motifs is 1. The zero-order valence-electron chi connectivity index (χ0n) is 21.5. The molecule has 2 amide bonds. The average molecular weight is 579 g/mol. The number of hydrogen-bond donors (Lipinski definition) is 1. The predicted molar refractivity (Wildman–Crippen MR) is 148 cm³/mol. The van der Waals surface area contributed by atoms with Gasteiger partial charge < -0.3 is 9.47 Å². The van der Waals surface area contributed by atoms with Gasteiger partial charge in [0.05, 0.1) is 6.42 Å². The van der Waals surface area contributed by atoms with Crippen molar-refractivity contribution in [1.29, 1.82) is 0 Å². The molecule has 2 atom stereocenters. The van der Waals surface area contributed by atoms with Crippen LogP contribution in [0.15, 0.2) is 89.4 Å². The molecule has 11 heteroatoms. The van der Waals surface area contributed by atoms with Gasteiger partial charge in [-0.25, -0.2) is 9.86 Å². The van der Waals surface area contributed by atoms with Crippen LogP contribution in [0.2, 0.25) is 0 Å². The van der Waals surface area contributed by atoms with Gasteiger partial charge in [-0.2, -0.15) is 0 Å². The number of hydrogen-bond acceptors (Lipinski definition) is 9. The molecule has 5 rings (SSSR count). The summed E-state index contributed by atoms with van der Waals surface area (Å²) >= 11 is 2.64. The Hall–Kier alpha value is -3.93. The van der Waals surface area contributed by atoms with Crippen LogP contribution in [0.1, 0.15) is 29.0 Å². The number of hydroxylamine groups is 2. The van der Waals surface area contributed by atoms with E-state index in [4.69, 9.17) is 9.47 Å². The maximum absolute atomic E-state index is 13.8. The first-order valence-electron chi connectivity index (χ1n) is 12.5. The molecule has 0 spiro atoms. The molecule has 0 bridgehead atoms. The van der Waals surface area contributed by atoms with Crippen molar-refractivity contribution in [3.05, 3.63) is 105 Å². The molecular weight excluding hydrogens is 552 g/mol. The van der Waals surface area contributed by atoms with Crippen LogP contribution < -0.4 is 0 Å². The van der Waals surface area contributed by atoms with Crippen molar-refractivity contribution < 1.29 is 33.9 Å². The van der Waals surface area contributed by atoms with Crippen molar-refractivity contribution in [3.8, 4) is 0 Å². The molecular formula is C29H26N2O7S2. The van der Waals surface area contributed by atoms with Crippen molar-refractivity contribution in [3.63, 3.8) is 0 Å². The fraction of sp³-hybridized carbons (Fsp3) is 0.241. The molecule has 3 aromatic rings. The molecule has 1 unspecified atom stereocenters. The van der Waals surface area contributed by atoms with E-state index in [2.05, 4.69) is 0 Å². The zero-order valence-corrected chi connectivity index (χ0v) is 23.1. The second kappa shape index (κ2) is 12.1. The molecule has 0 radical (unpaired) electrons. The number of benzene rings is 2. The Morgan fingerprint density at radius 1 is 1.02 bits per heavy atom. The molecule has 1 fully saturated rings. The maximum Gasteiger partial charge on any atom is 0.356 e. The lowest BCUT2D eigenvalue weighted by atomic mass is 10.0. The van der Waals surface area contributed by atoms with Crippen molar-refractivity contribution in [2.24, 2.45) is 0 Å². The minimum absolute atomic E-state index is 0.0396. The molecule has 206 valence electrons. The number of esters is 2. The second-order valence-corrected chi connectivity index (χ2v) is 11.3. The highest BCUT2D eigenvalue weighted by Crippen LogP contribution is 2.43. The zero-order chi connectivity index (χ0) is 28.2. The van der Waals surface area contributed by atoms with Gasteiger partial charge in [-0.15, -0.1) is 23.1 Å². The Balaban J connectivity index is 1.42. The van der Waals surface area contributed by atoms with Crippen LogP contribution in [0.4, 0.5) is 0 Å². The molecule has 2 aliphatic rings. The number of thiophene rings is 1. The van der Waals surface area contributed by atoms with E-state index in [-0.39, 0.29) is 24.5 Å². The number of amides is 2. The summed E-state index contributed by atoms with van der Waals surface area (Å²) in [6.45, 7) is 1.06. The fourth-order valence-electron chi connectivity index (χ4n) is 4.59. The van der Waals surface area contributed by atoms with Crippen molar-refractivity contribution in [2.45, 2.75) is 30.9 Å². The van der Waals surface area contributed by atoms with Gasteiger partial charge in [0.1, 0.15) is 17.7 Å². The lowest BCUT2D eigenvalue weighted by Crippen LogP contribution is -2.71. The summed E-state index contributed by atoms with van der Waals surface area (Å²) in [7, 11) is 0. The maximum atomic E-state index is 13.8. The molecule has 3 heterocycles. The first kappa shape index (κ1) is 27.6. The number of thioether (sulfide) groups is 1. The summed E-state index contributed by atoms with van der Waals surface area (Å²) in [5.74, 6) is -2.31. The van der Waals surface area contributed by atoms with Crippen molar-refractivity contribution >= 4 is 46.9 Å². The number of carbonyl (C=O) groups excluding carboxylic acids is 4. The van der Waals surface area contributed by atoms with Crippen molar-refractivity contribution in [2.75, 3.05) is 12.4 Å². The lowest BCUT2D eigenvalue weighted by Gasteiger charge is -2.51. The summed E-state index contributed by atoms with van der Waals surface area (Å²) in [4.78, 5) is 53.4. The summed E-state index contributed by atoms with van der Waals surface area (Å²) < 4.78 is 11.2. The van der Waals surface area contributed by atoms with Crippen molar-refractivity contribution in [1.82, 2.24) is 9.96 Å². The molecule has 0 saturated carbocycles. The van der Waals surface area contributed by atoms with Gasteiger partial charge in [-0.05, 0) is 22.6 Å². The molecule has 9 nitrogen and oxygen atoms in total. The Morgan fingerprint density at radius 2 is 1.68 bits per heavy atom. The van der Waals surface area contributed by atoms with E-state index in [1.54, 1.807) is 12.1 Å². The number of carbonyl (C=O) groups is 4. The molecule has 1 aromatic heterocycles. The van der Waals surface area contributed by atoms with E-state index in [9.17, 15) is 24.4 Å². The van der Waals surface area contributed by atoms with Crippen LogP contribution in [-0.4, -0.2) is 62.7 Å². The molecule has 2 aromatic carbocycles. The number of β-lactam (4-membered cyclic amide) rings is 1. The first-order valence-corrected chi connectivity index (χ1v) is 14.4. The van der Waals surface area contributed by atoms with E-state index in [1.807, 2.05) is 66.0 Å². The lowest BCUT2D eigenvalue weighted by molar-refractivity contribution is -0.197. The molecule has 2 aliphatic heterocycles. The van der Waals surface area contributed by atoms with Crippen LogP contribution >= 0.6 is 23.1 Å². The van der Waals surface area contributed by atoms with Gasteiger partial charge in [0, 0.05) is 23.1 Å². The molecule has 0 aliphatic carbocycles. The summed E-state index contributed by atoms with van der Waals surface area (Å²) in [6.07, 6.45) is -0.813. The average Bonchev–Trinajstić information content (AvgIpc) is 3.48. The number of nitrogens with zero attached hydrogens (tertiary/aromatic N) is 2. The smallest absolute Gasteiger partial charge is 0.356 e. The molecule has 1 saturated heterocycles. The largest absolute Gasteiger partial charge is 0.461 e. The standard InChI is InChI=1S/C29H26N2O7S2/c1-18(32)37-16-21-17-40-28-25(31(36)23(33)15-22-13-8-14-39-22)27(34)30(28)24(21)29(35)38-26(19-9-4-2-5-10-19)20-11-6-3-7-12-20/h2-14,25-26,28,36H,15-17H2,1H3/t25?,28-/m0/s1. The minimum atomic E-state index is -1.16. The Morgan fingerprint density at radius 3 is 2.25 bits per heavy atom. The number of ether oxygens (including phenoxy) is 2. The van der Waals surface area contributed by atoms with E-state index < -0.39 is 41.3 Å². The molecule has 1 N–H and O–H groups in total. The van der Waals surface area contributed by atoms with Crippen LogP contribution in [0.3, 0.4) is 0 Å². The van der Waals surface area contributed by atoms with Gasteiger partial charge in [-0.1, -0.05) is 66.7 Å². The van der Waals surface area contributed by atoms with Crippen LogP contribution in [-0.2, 0) is 35.1 Å². The van der Waals surface area contributed by atoms with Gasteiger partial charge in [0.2, 0.25) is 0 Å². The predicted octanol–water partition coefficient (Wildman–Crippen LogP) is 3.94. The van der Waals surface area contributed by atoms with Gasteiger partial charge >= 0.3 is 11.9 Å². The van der Waals surface area contributed by atoms with E-state index in [0.29, 0.717) is 10.6 Å². The third-order valence-corrected chi connectivity index (χ3v) is 8.72. The topological polar surface area (TPSA) is 113 Å². The Kier molecular flexibility index (Phi) is 8.34. The summed E-state index contributed by atoms with van der Waals surface area (Å²) in [5.41, 5.74) is 1.84. The normalized spacial score (nSPS) is 18.2. The Labute approximate surface area is 238 Å². The van der Waals surface area contributed by atoms with Gasteiger partial charge in [0.15, 0.2) is 12.1 Å². The van der Waals surface area contributed by atoms with E-state index in [1.165, 1.54) is 34.9 Å². The highest BCUT2D eigenvalue weighted by Gasteiger charge is 2.57. The Bertz CT molecular complexity index is 1390. The van der Waals surface area contributed by atoms with Crippen LogP contribution in [0.25, 0.3) is 0 Å². The van der Waals surface area contributed by atoms with Gasteiger partial charge in [-0.3, -0.25) is 24.5 Å². The quantitative estimate of drug-likeness (QED) is 0.176. The SMILES string of the molecule is CC(=O)OCC1=C(C(=O)OC(c2ccccc2)c2ccccc2)N2C(=O)C(N(O)C(=O)Cc3cccs3)[C@@H]2SC1. The second-order valence-electron chi connectivity index (χ2n) is 9.19. The number of rotatable bonds is 9. The fourth-order valence-corrected chi connectivity index (χ4v) is 6.65. The third kappa shape index (κ3) is 5.67. The summed E-state index contributed by atoms with van der Waals surface area (Å²) in [6, 6.07) is 20.8. The van der Waals surface area contributed by atoms with Gasteiger partial charge in [0.25, 0.3) is 11.8 Å².